The van der Waals surface area contributed by atoms with E-state index >= 15 is 0 Å². The fraction of sp³-hybridized carbons (Fsp3) is 0.467. The Labute approximate surface area is 118 Å². The smallest absolute Gasteiger partial charge is 0.320 e. The van der Waals surface area contributed by atoms with E-state index in [1.165, 1.54) is 0 Å². The SMILES string of the molecule is O=C(CCN1CCCCC1C(=O)O)Nc1ccccc1. The normalized spacial score (nSPS) is 19.5. The average Bonchev–Trinajstić information content (AvgIpc) is 2.46. The van der Waals surface area contributed by atoms with Gasteiger partial charge in [0.25, 0.3) is 0 Å². The van der Waals surface area contributed by atoms with Crippen LogP contribution in [0.25, 0.3) is 0 Å². The predicted octanol–water partition coefficient (Wildman–Crippen LogP) is 1.95. The summed E-state index contributed by atoms with van der Waals surface area (Å²) >= 11 is 0. The summed E-state index contributed by atoms with van der Waals surface area (Å²) in [5.41, 5.74) is 0.769. The molecular weight excluding hydrogens is 256 g/mol. The Bertz CT molecular complexity index is 461. The molecular formula is C15H20N2O3. The third kappa shape index (κ3) is 4.06. The lowest BCUT2D eigenvalue weighted by Gasteiger charge is -2.32. The molecule has 5 heteroatoms. The molecule has 0 radical (unpaired) electrons. The van der Waals surface area contributed by atoms with Crippen molar-refractivity contribution >= 4 is 17.6 Å². The molecule has 1 fully saturated rings. The number of carbonyl (C=O) groups excluding carboxylic acids is 1. The van der Waals surface area contributed by atoms with Gasteiger partial charge in [-0.1, -0.05) is 24.6 Å². The molecule has 1 unspecified atom stereocenters. The number of carboxylic acid groups (broad SMARTS) is 1. The molecule has 1 aromatic rings. The number of nitrogens with one attached hydrogen (secondary N) is 1. The fourth-order valence-electron chi connectivity index (χ4n) is 2.53. The Morgan fingerprint density at radius 3 is 2.70 bits per heavy atom. The van der Waals surface area contributed by atoms with Crippen LogP contribution in [0.5, 0.6) is 0 Å². The molecule has 0 aliphatic carbocycles. The van der Waals surface area contributed by atoms with E-state index in [2.05, 4.69) is 5.32 Å². The van der Waals surface area contributed by atoms with Crippen LogP contribution in [-0.4, -0.2) is 41.0 Å². The molecule has 1 aromatic carbocycles. The molecule has 5 nitrogen and oxygen atoms in total. The third-order valence-electron chi connectivity index (χ3n) is 3.58. The van der Waals surface area contributed by atoms with Crippen molar-refractivity contribution in [2.75, 3.05) is 18.4 Å². The van der Waals surface area contributed by atoms with Crippen LogP contribution in [0.1, 0.15) is 25.7 Å². The average molecular weight is 276 g/mol. The standard InChI is InChI=1S/C15H20N2O3/c18-14(16-12-6-2-1-3-7-12)9-11-17-10-5-4-8-13(17)15(19)20/h1-3,6-7,13H,4-5,8-11H2,(H,16,18)(H,19,20). The Kier molecular flexibility index (Phi) is 5.12. The highest BCUT2D eigenvalue weighted by molar-refractivity contribution is 5.90. The number of rotatable bonds is 5. The topological polar surface area (TPSA) is 69.6 Å². The maximum absolute atomic E-state index is 11.8. The van der Waals surface area contributed by atoms with Gasteiger partial charge in [-0.25, -0.2) is 0 Å². The van der Waals surface area contributed by atoms with Crippen molar-refractivity contribution in [2.45, 2.75) is 31.7 Å². The van der Waals surface area contributed by atoms with Crippen LogP contribution >= 0.6 is 0 Å². The van der Waals surface area contributed by atoms with Crippen molar-refractivity contribution in [1.82, 2.24) is 4.90 Å². The molecule has 2 N–H and O–H groups in total. The van der Waals surface area contributed by atoms with Gasteiger partial charge in [-0.2, -0.15) is 0 Å². The van der Waals surface area contributed by atoms with Gasteiger partial charge in [-0.05, 0) is 31.5 Å². The van der Waals surface area contributed by atoms with Gasteiger partial charge in [0.2, 0.25) is 5.91 Å². The molecule has 0 aromatic heterocycles. The van der Waals surface area contributed by atoms with E-state index in [0.717, 1.165) is 25.1 Å². The van der Waals surface area contributed by atoms with Gasteiger partial charge in [0.15, 0.2) is 0 Å². The molecule has 1 atom stereocenters. The van der Waals surface area contributed by atoms with E-state index in [4.69, 9.17) is 5.11 Å². The summed E-state index contributed by atoms with van der Waals surface area (Å²) < 4.78 is 0. The molecule has 0 saturated carbocycles. The lowest BCUT2D eigenvalue weighted by atomic mass is 10.0. The van der Waals surface area contributed by atoms with Gasteiger partial charge in [-0.3, -0.25) is 14.5 Å². The zero-order valence-electron chi connectivity index (χ0n) is 11.4. The zero-order chi connectivity index (χ0) is 14.4. The second kappa shape index (κ2) is 7.05. The summed E-state index contributed by atoms with van der Waals surface area (Å²) in [4.78, 5) is 24.9. The first-order valence-electron chi connectivity index (χ1n) is 6.98. The number of benzene rings is 1. The number of carbonyl (C=O) groups is 2. The molecule has 0 spiro atoms. The van der Waals surface area contributed by atoms with E-state index in [1.807, 2.05) is 35.2 Å². The third-order valence-corrected chi connectivity index (χ3v) is 3.58. The van der Waals surface area contributed by atoms with Gasteiger partial charge in [0, 0.05) is 18.7 Å². The summed E-state index contributed by atoms with van der Waals surface area (Å²) in [6, 6.07) is 8.84. The molecule has 108 valence electrons. The van der Waals surface area contributed by atoms with Crippen LogP contribution in [0.2, 0.25) is 0 Å². The summed E-state index contributed by atoms with van der Waals surface area (Å²) in [5, 5.41) is 12.0. The number of nitrogens with zero attached hydrogens (tertiary/aromatic N) is 1. The van der Waals surface area contributed by atoms with Crippen molar-refractivity contribution in [3.05, 3.63) is 30.3 Å². The number of carboxylic acids is 1. The lowest BCUT2D eigenvalue weighted by Crippen LogP contribution is -2.45. The molecule has 0 bridgehead atoms. The maximum Gasteiger partial charge on any atom is 0.320 e. The van der Waals surface area contributed by atoms with E-state index in [-0.39, 0.29) is 5.91 Å². The highest BCUT2D eigenvalue weighted by Gasteiger charge is 2.28. The van der Waals surface area contributed by atoms with Crippen molar-refractivity contribution in [2.24, 2.45) is 0 Å². The molecule has 20 heavy (non-hydrogen) atoms. The van der Waals surface area contributed by atoms with E-state index in [0.29, 0.717) is 19.4 Å². The summed E-state index contributed by atoms with van der Waals surface area (Å²) in [6.45, 7) is 1.26. The first-order chi connectivity index (χ1) is 9.66. The van der Waals surface area contributed by atoms with E-state index < -0.39 is 12.0 Å². The largest absolute Gasteiger partial charge is 0.480 e. The van der Waals surface area contributed by atoms with Crippen LogP contribution in [0.4, 0.5) is 5.69 Å². The zero-order valence-corrected chi connectivity index (χ0v) is 11.4. The number of anilines is 1. The number of amides is 1. The number of aliphatic carboxylic acids is 1. The Morgan fingerprint density at radius 2 is 2.00 bits per heavy atom. The van der Waals surface area contributed by atoms with Gasteiger partial charge < -0.3 is 10.4 Å². The summed E-state index contributed by atoms with van der Waals surface area (Å²) in [7, 11) is 0. The summed E-state index contributed by atoms with van der Waals surface area (Å²) in [6.07, 6.45) is 2.95. The van der Waals surface area contributed by atoms with Crippen LogP contribution in [0, 0.1) is 0 Å². The van der Waals surface area contributed by atoms with Gasteiger partial charge in [0.05, 0.1) is 0 Å². The quantitative estimate of drug-likeness (QED) is 0.862. The minimum atomic E-state index is -0.784. The van der Waals surface area contributed by atoms with Crippen molar-refractivity contribution in [3.63, 3.8) is 0 Å². The minimum Gasteiger partial charge on any atom is -0.480 e. The van der Waals surface area contributed by atoms with Crippen LogP contribution in [-0.2, 0) is 9.59 Å². The molecule has 1 saturated heterocycles. The number of piperidine rings is 1. The number of hydrogen-bond acceptors (Lipinski definition) is 3. The monoisotopic (exact) mass is 276 g/mol. The van der Waals surface area contributed by atoms with Gasteiger partial charge in [-0.15, -0.1) is 0 Å². The Balaban J connectivity index is 1.81. The molecule has 1 aliphatic rings. The van der Waals surface area contributed by atoms with Crippen LogP contribution in [0.3, 0.4) is 0 Å². The fourth-order valence-corrected chi connectivity index (χ4v) is 2.53. The molecule has 1 aliphatic heterocycles. The predicted molar refractivity (Wildman–Crippen MR) is 76.5 cm³/mol. The van der Waals surface area contributed by atoms with E-state index in [9.17, 15) is 9.59 Å². The highest BCUT2D eigenvalue weighted by atomic mass is 16.4. The second-order valence-electron chi connectivity index (χ2n) is 5.05. The summed E-state index contributed by atoms with van der Waals surface area (Å²) in [5.74, 6) is -0.862. The first-order valence-corrected chi connectivity index (χ1v) is 6.98. The van der Waals surface area contributed by atoms with Crippen molar-refractivity contribution in [1.29, 1.82) is 0 Å². The van der Waals surface area contributed by atoms with Gasteiger partial charge >= 0.3 is 5.97 Å². The van der Waals surface area contributed by atoms with Crippen LogP contribution < -0.4 is 5.32 Å². The lowest BCUT2D eigenvalue weighted by molar-refractivity contribution is -0.144. The second-order valence-corrected chi connectivity index (χ2v) is 5.05. The number of likely N-dealkylation sites (tertiary alicyclic amines) is 1. The number of para-hydroxylation sites is 1. The Hall–Kier alpha value is -1.88. The van der Waals surface area contributed by atoms with Gasteiger partial charge in [0.1, 0.15) is 6.04 Å². The number of hydrogen-bond donors (Lipinski definition) is 2. The first kappa shape index (κ1) is 14.5. The molecule has 1 heterocycles. The maximum atomic E-state index is 11.8. The molecule has 1 amide bonds. The highest BCUT2D eigenvalue weighted by Crippen LogP contribution is 2.17. The van der Waals surface area contributed by atoms with Crippen molar-refractivity contribution in [3.8, 4) is 0 Å². The minimum absolute atomic E-state index is 0.0779. The van der Waals surface area contributed by atoms with Crippen LogP contribution in [0.15, 0.2) is 30.3 Å². The molecule has 2 rings (SSSR count). The van der Waals surface area contributed by atoms with Crippen molar-refractivity contribution < 1.29 is 14.7 Å². The van der Waals surface area contributed by atoms with E-state index in [1.54, 1.807) is 0 Å². The Morgan fingerprint density at radius 1 is 1.25 bits per heavy atom.